The highest BCUT2D eigenvalue weighted by Gasteiger charge is 2.38. The molecule has 1 aromatic carbocycles. The number of halogens is 1. The summed E-state index contributed by atoms with van der Waals surface area (Å²) in [5.74, 6) is 0. The maximum atomic E-state index is 11.4. The third-order valence-corrected chi connectivity index (χ3v) is 9.18. The van der Waals surface area contributed by atoms with Gasteiger partial charge in [-0.3, -0.25) is 0 Å². The summed E-state index contributed by atoms with van der Waals surface area (Å²) in [5, 5.41) is 10.0. The average molecular weight is 344 g/mol. The van der Waals surface area contributed by atoms with Gasteiger partial charge in [0.2, 0.25) is 0 Å². The van der Waals surface area contributed by atoms with E-state index in [0.29, 0.717) is 11.6 Å². The van der Waals surface area contributed by atoms with Crippen LogP contribution in [0.1, 0.15) is 32.4 Å². The first kappa shape index (κ1) is 19.0. The van der Waals surface area contributed by atoms with Crippen LogP contribution in [0.4, 0.5) is 4.79 Å². The van der Waals surface area contributed by atoms with Gasteiger partial charge in [0, 0.05) is 12.1 Å². The monoisotopic (exact) mass is 343 g/mol. The Morgan fingerprint density at radius 2 is 1.82 bits per heavy atom. The summed E-state index contributed by atoms with van der Waals surface area (Å²) < 4.78 is 6.21. The van der Waals surface area contributed by atoms with Gasteiger partial charge in [-0.05, 0) is 35.8 Å². The molecule has 1 aromatic rings. The fourth-order valence-corrected chi connectivity index (χ4v) is 2.89. The maximum Gasteiger partial charge on any atom is 0.407 e. The molecule has 0 bridgehead atoms. The first-order chi connectivity index (χ1) is 9.95. The highest BCUT2D eigenvalue weighted by atomic mass is 35.5. The minimum atomic E-state index is -1.94. The van der Waals surface area contributed by atoms with Crippen LogP contribution >= 0.6 is 11.6 Å². The van der Waals surface area contributed by atoms with Gasteiger partial charge in [0.1, 0.15) is 0 Å². The molecule has 0 heterocycles. The minimum absolute atomic E-state index is 0.0827. The van der Waals surface area contributed by atoms with Crippen molar-refractivity contribution in [3.05, 3.63) is 34.9 Å². The minimum Gasteiger partial charge on any atom is -0.465 e. The lowest BCUT2D eigenvalue weighted by Crippen LogP contribution is -2.43. The van der Waals surface area contributed by atoms with Gasteiger partial charge in [-0.25, -0.2) is 4.79 Å². The Labute approximate surface area is 139 Å². The van der Waals surface area contributed by atoms with Crippen LogP contribution in [0, 0.1) is 0 Å². The van der Waals surface area contributed by atoms with E-state index in [-0.39, 0.29) is 11.1 Å². The van der Waals surface area contributed by atoms with E-state index < -0.39 is 14.4 Å². The lowest BCUT2D eigenvalue weighted by atomic mass is 10.1. The molecule has 0 spiro atoms. The number of benzene rings is 1. The molecule has 0 aliphatic rings. The van der Waals surface area contributed by atoms with Gasteiger partial charge >= 0.3 is 6.09 Å². The highest BCUT2D eigenvalue weighted by molar-refractivity contribution is 6.74. The van der Waals surface area contributed by atoms with Crippen molar-refractivity contribution in [1.82, 2.24) is 4.90 Å². The van der Waals surface area contributed by atoms with Crippen LogP contribution < -0.4 is 0 Å². The number of rotatable bonds is 5. The molecule has 0 aromatic heterocycles. The standard InChI is InChI=1S/C16H26ClNO3Si/c1-16(2,3)22(5,6)21-11-14(18(4)15(19)20)12-7-9-13(17)10-8-12/h7-10,14H,11H2,1-6H3,(H,19,20). The topological polar surface area (TPSA) is 49.8 Å². The number of hydrogen-bond donors (Lipinski definition) is 1. The Hall–Kier alpha value is -1.04. The van der Waals surface area contributed by atoms with Crippen LogP contribution in [0.2, 0.25) is 23.2 Å². The van der Waals surface area contributed by atoms with Gasteiger partial charge in [0.15, 0.2) is 8.32 Å². The molecule has 0 saturated carbocycles. The molecule has 0 radical (unpaired) electrons. The second-order valence-corrected chi connectivity index (χ2v) is 12.3. The van der Waals surface area contributed by atoms with Crippen molar-refractivity contribution in [2.24, 2.45) is 0 Å². The van der Waals surface area contributed by atoms with Gasteiger partial charge in [-0.15, -0.1) is 0 Å². The predicted molar refractivity (Wildman–Crippen MR) is 93.1 cm³/mol. The van der Waals surface area contributed by atoms with Crippen molar-refractivity contribution in [3.63, 3.8) is 0 Å². The molecule has 1 N–H and O–H groups in total. The molecular weight excluding hydrogens is 318 g/mol. The Kier molecular flexibility index (Phi) is 6.07. The quantitative estimate of drug-likeness (QED) is 0.764. The number of carbonyl (C=O) groups is 1. The number of hydrogen-bond acceptors (Lipinski definition) is 2. The van der Waals surface area contributed by atoms with Crippen molar-refractivity contribution in [3.8, 4) is 0 Å². The van der Waals surface area contributed by atoms with E-state index in [9.17, 15) is 9.90 Å². The lowest BCUT2D eigenvalue weighted by Gasteiger charge is -2.38. The zero-order chi connectivity index (χ0) is 17.1. The average Bonchev–Trinajstić information content (AvgIpc) is 2.39. The second-order valence-electron chi connectivity index (χ2n) is 7.03. The Morgan fingerprint density at radius 1 is 1.32 bits per heavy atom. The normalized spacial score (nSPS) is 13.8. The smallest absolute Gasteiger partial charge is 0.407 e. The summed E-state index contributed by atoms with van der Waals surface area (Å²) in [5.41, 5.74) is 0.882. The summed E-state index contributed by atoms with van der Waals surface area (Å²) in [4.78, 5) is 12.6. The molecule has 1 unspecified atom stereocenters. The molecule has 4 nitrogen and oxygen atoms in total. The first-order valence-electron chi connectivity index (χ1n) is 7.31. The summed E-state index contributed by atoms with van der Waals surface area (Å²) in [6, 6.07) is 6.89. The predicted octanol–water partition coefficient (Wildman–Crippen LogP) is 5.01. The van der Waals surface area contributed by atoms with Gasteiger partial charge in [0.05, 0.1) is 12.6 Å². The molecule has 1 amide bonds. The zero-order valence-corrected chi connectivity index (χ0v) is 15.9. The van der Waals surface area contributed by atoms with Crippen LogP contribution in [0.25, 0.3) is 0 Å². The summed E-state index contributed by atoms with van der Waals surface area (Å²) >= 11 is 5.91. The molecule has 0 fully saturated rings. The summed E-state index contributed by atoms with van der Waals surface area (Å²) in [6.07, 6.45) is -0.973. The van der Waals surface area contributed by atoms with E-state index in [1.807, 2.05) is 12.1 Å². The molecular formula is C16H26ClNO3Si. The van der Waals surface area contributed by atoms with E-state index in [4.69, 9.17) is 16.0 Å². The van der Waals surface area contributed by atoms with E-state index in [1.165, 1.54) is 4.90 Å². The van der Waals surface area contributed by atoms with Gasteiger partial charge in [0.25, 0.3) is 0 Å². The maximum absolute atomic E-state index is 11.4. The molecule has 124 valence electrons. The van der Waals surface area contributed by atoms with Crippen LogP contribution in [-0.4, -0.2) is 38.1 Å². The Bertz CT molecular complexity index is 511. The van der Waals surface area contributed by atoms with E-state index in [1.54, 1.807) is 19.2 Å². The summed E-state index contributed by atoms with van der Waals surface area (Å²) in [6.45, 7) is 11.2. The van der Waals surface area contributed by atoms with E-state index in [0.717, 1.165) is 5.56 Å². The molecule has 1 rings (SSSR count). The van der Waals surface area contributed by atoms with Crippen LogP contribution in [0.15, 0.2) is 24.3 Å². The third kappa shape index (κ3) is 4.73. The Morgan fingerprint density at radius 3 is 2.23 bits per heavy atom. The van der Waals surface area contributed by atoms with Gasteiger partial charge in [-0.1, -0.05) is 44.5 Å². The zero-order valence-electron chi connectivity index (χ0n) is 14.2. The summed E-state index contributed by atoms with van der Waals surface area (Å²) in [7, 11) is -0.372. The fourth-order valence-electron chi connectivity index (χ4n) is 1.75. The van der Waals surface area contributed by atoms with E-state index >= 15 is 0 Å². The largest absolute Gasteiger partial charge is 0.465 e. The fraction of sp³-hybridized carbons (Fsp3) is 0.562. The van der Waals surface area contributed by atoms with Gasteiger partial charge in [-0.2, -0.15) is 0 Å². The first-order valence-corrected chi connectivity index (χ1v) is 10.6. The van der Waals surface area contributed by atoms with Crippen molar-refractivity contribution in [2.45, 2.75) is 44.9 Å². The molecule has 0 saturated heterocycles. The highest BCUT2D eigenvalue weighted by Crippen LogP contribution is 2.37. The van der Waals surface area contributed by atoms with Crippen molar-refractivity contribution < 1.29 is 14.3 Å². The number of likely N-dealkylation sites (N-methyl/N-ethyl adjacent to an activating group) is 1. The van der Waals surface area contributed by atoms with Crippen molar-refractivity contribution in [2.75, 3.05) is 13.7 Å². The molecule has 1 atom stereocenters. The van der Waals surface area contributed by atoms with Crippen LogP contribution in [0.3, 0.4) is 0 Å². The van der Waals surface area contributed by atoms with Crippen LogP contribution in [0.5, 0.6) is 0 Å². The van der Waals surface area contributed by atoms with Gasteiger partial charge < -0.3 is 14.4 Å². The molecule has 0 aliphatic heterocycles. The lowest BCUT2D eigenvalue weighted by molar-refractivity contribution is 0.115. The molecule has 22 heavy (non-hydrogen) atoms. The van der Waals surface area contributed by atoms with Crippen LogP contribution in [-0.2, 0) is 4.43 Å². The van der Waals surface area contributed by atoms with Crippen molar-refractivity contribution in [1.29, 1.82) is 0 Å². The second kappa shape index (κ2) is 7.02. The number of amides is 1. The van der Waals surface area contributed by atoms with E-state index in [2.05, 4.69) is 33.9 Å². The third-order valence-electron chi connectivity index (χ3n) is 4.43. The number of carboxylic acid groups (broad SMARTS) is 1. The van der Waals surface area contributed by atoms with Crippen molar-refractivity contribution >= 4 is 26.0 Å². The number of nitrogens with zero attached hydrogens (tertiary/aromatic N) is 1. The molecule has 6 heteroatoms. The Balaban J connectivity index is 2.98. The SMILES string of the molecule is CN(C(=O)O)C(CO[Si](C)(C)C(C)(C)C)c1ccc(Cl)cc1. The molecule has 0 aliphatic carbocycles.